The first-order valence-corrected chi connectivity index (χ1v) is 33.1. The quantitative estimate of drug-likeness (QED) is 0.0212. The Morgan fingerprint density at radius 1 is 0.467 bits per heavy atom. The van der Waals surface area contributed by atoms with E-state index in [1.165, 1.54) is 167 Å². The number of amides is 1. The fourth-order valence-electron chi connectivity index (χ4n) is 9.04. The van der Waals surface area contributed by atoms with E-state index in [1.54, 1.807) is 0 Å². The largest absolute Gasteiger partial charge is 0.756 e. The maximum absolute atomic E-state index is 13.5. The lowest BCUT2D eigenvalue weighted by atomic mass is 10.0. The SMILES string of the molecule is CCCCC/C=C\C/C=C\C/C=C\C/C=C\CCCCCCCCCC(=O)NC(COP(=O)([O-])OCC[N+](C)(C)C)C(/C=C\CCCCCCCCCCCC)OC(=O)CCCCCCCCCCCCCCCC. The number of phosphoric acid groups is 1. The Bertz CT molecular complexity index is 1470. The predicted molar refractivity (Wildman–Crippen MR) is 321 cm³/mol. The molecule has 0 rings (SSSR count). The van der Waals surface area contributed by atoms with Gasteiger partial charge in [-0.3, -0.25) is 14.2 Å². The Balaban J connectivity index is 5.21. The zero-order valence-electron chi connectivity index (χ0n) is 50.0. The normalized spacial score (nSPS) is 14.1. The Labute approximate surface area is 464 Å². The summed E-state index contributed by atoms with van der Waals surface area (Å²) >= 11 is 0. The van der Waals surface area contributed by atoms with Crippen molar-refractivity contribution in [3.63, 3.8) is 0 Å². The third-order valence-corrected chi connectivity index (χ3v) is 14.9. The van der Waals surface area contributed by atoms with Gasteiger partial charge >= 0.3 is 5.97 Å². The van der Waals surface area contributed by atoms with E-state index < -0.39 is 26.6 Å². The highest BCUT2D eigenvalue weighted by molar-refractivity contribution is 7.45. The van der Waals surface area contributed by atoms with Crippen LogP contribution in [-0.4, -0.2) is 69.4 Å². The summed E-state index contributed by atoms with van der Waals surface area (Å²) in [5.74, 6) is -0.545. The van der Waals surface area contributed by atoms with E-state index in [-0.39, 0.29) is 24.9 Å². The number of phosphoric ester groups is 1. The Morgan fingerprint density at radius 3 is 1.24 bits per heavy atom. The van der Waals surface area contributed by atoms with E-state index in [0.29, 0.717) is 17.4 Å². The van der Waals surface area contributed by atoms with Crippen LogP contribution in [0, 0.1) is 0 Å². The van der Waals surface area contributed by atoms with Gasteiger partial charge in [-0.1, -0.05) is 262 Å². The molecule has 0 fully saturated rings. The molecule has 0 aliphatic heterocycles. The number of unbranched alkanes of at least 4 members (excludes halogenated alkanes) is 33. The number of ether oxygens (including phenoxy) is 1. The number of nitrogens with zero attached hydrogens (tertiary/aromatic N) is 1. The highest BCUT2D eigenvalue weighted by Crippen LogP contribution is 2.38. The maximum Gasteiger partial charge on any atom is 0.306 e. The second-order valence-corrected chi connectivity index (χ2v) is 24.0. The number of hydrogen-bond donors (Lipinski definition) is 1. The van der Waals surface area contributed by atoms with Crippen molar-refractivity contribution >= 4 is 19.7 Å². The van der Waals surface area contributed by atoms with Crippen LogP contribution in [0.1, 0.15) is 290 Å². The summed E-state index contributed by atoms with van der Waals surface area (Å²) in [5, 5.41) is 3.03. The predicted octanol–water partition coefficient (Wildman–Crippen LogP) is 18.8. The molecule has 0 spiro atoms. The number of esters is 1. The summed E-state index contributed by atoms with van der Waals surface area (Å²) in [5.41, 5.74) is 0. The molecule has 438 valence electrons. The van der Waals surface area contributed by atoms with E-state index >= 15 is 0 Å². The first-order valence-electron chi connectivity index (χ1n) is 31.6. The van der Waals surface area contributed by atoms with Crippen LogP contribution in [0.3, 0.4) is 0 Å². The summed E-state index contributed by atoms with van der Waals surface area (Å²) in [6.07, 6.45) is 68.9. The summed E-state index contributed by atoms with van der Waals surface area (Å²) < 4.78 is 30.3. The zero-order chi connectivity index (χ0) is 55.0. The van der Waals surface area contributed by atoms with Gasteiger partial charge in [-0.2, -0.15) is 0 Å². The van der Waals surface area contributed by atoms with Gasteiger partial charge in [-0.05, 0) is 76.7 Å². The molecule has 0 saturated heterocycles. The van der Waals surface area contributed by atoms with Gasteiger partial charge in [0.25, 0.3) is 7.82 Å². The van der Waals surface area contributed by atoms with Crippen molar-refractivity contribution in [1.29, 1.82) is 0 Å². The van der Waals surface area contributed by atoms with E-state index in [4.69, 9.17) is 13.8 Å². The molecule has 0 aliphatic carbocycles. The number of carbonyl (C=O) groups is 2. The second kappa shape index (κ2) is 55.0. The van der Waals surface area contributed by atoms with E-state index in [1.807, 2.05) is 33.3 Å². The third-order valence-electron chi connectivity index (χ3n) is 14.0. The van der Waals surface area contributed by atoms with Crippen molar-refractivity contribution in [2.75, 3.05) is 40.9 Å². The molecule has 0 aromatic carbocycles. The van der Waals surface area contributed by atoms with Crippen molar-refractivity contribution in [3.05, 3.63) is 60.8 Å². The van der Waals surface area contributed by atoms with Crippen molar-refractivity contribution < 1.29 is 37.3 Å². The molecule has 0 saturated carbocycles. The first-order chi connectivity index (χ1) is 36.4. The van der Waals surface area contributed by atoms with Gasteiger partial charge in [0.05, 0.1) is 33.8 Å². The van der Waals surface area contributed by atoms with E-state index in [0.717, 1.165) is 89.9 Å². The smallest absolute Gasteiger partial charge is 0.306 e. The van der Waals surface area contributed by atoms with Gasteiger partial charge in [0.15, 0.2) is 0 Å². The van der Waals surface area contributed by atoms with Crippen molar-refractivity contribution in [3.8, 4) is 0 Å². The summed E-state index contributed by atoms with van der Waals surface area (Å²) in [4.78, 5) is 40.0. The Kier molecular flexibility index (Phi) is 53.4. The fraction of sp³-hybridized carbons (Fsp3) is 0.815. The van der Waals surface area contributed by atoms with Gasteiger partial charge in [-0.15, -0.1) is 0 Å². The lowest BCUT2D eigenvalue weighted by Crippen LogP contribution is -2.47. The van der Waals surface area contributed by atoms with Gasteiger partial charge < -0.3 is 28.5 Å². The van der Waals surface area contributed by atoms with Crippen LogP contribution in [0.5, 0.6) is 0 Å². The second-order valence-electron chi connectivity index (χ2n) is 22.6. The molecule has 0 heterocycles. The molecule has 1 amide bonds. The van der Waals surface area contributed by atoms with Crippen LogP contribution < -0.4 is 10.2 Å². The topological polar surface area (TPSA) is 114 Å². The van der Waals surface area contributed by atoms with Gasteiger partial charge in [0, 0.05) is 12.8 Å². The minimum atomic E-state index is -4.70. The van der Waals surface area contributed by atoms with Crippen molar-refractivity contribution in [2.24, 2.45) is 0 Å². The number of carbonyl (C=O) groups excluding carboxylic acids is 2. The minimum Gasteiger partial charge on any atom is -0.756 e. The molecule has 0 aromatic heterocycles. The molecule has 0 aliphatic rings. The number of nitrogens with one attached hydrogen (secondary N) is 1. The monoisotopic (exact) mass is 1070 g/mol. The average Bonchev–Trinajstić information content (AvgIpc) is 3.37. The Morgan fingerprint density at radius 2 is 0.813 bits per heavy atom. The number of quaternary nitrogens is 1. The van der Waals surface area contributed by atoms with Crippen LogP contribution >= 0.6 is 7.82 Å². The molecule has 0 aromatic rings. The molecule has 3 atom stereocenters. The number of allylic oxidation sites excluding steroid dienone is 9. The lowest BCUT2D eigenvalue weighted by molar-refractivity contribution is -0.870. The van der Waals surface area contributed by atoms with Gasteiger partial charge in [0.1, 0.15) is 19.3 Å². The van der Waals surface area contributed by atoms with Crippen LogP contribution in [0.25, 0.3) is 0 Å². The van der Waals surface area contributed by atoms with Crippen molar-refractivity contribution in [2.45, 2.75) is 303 Å². The van der Waals surface area contributed by atoms with Crippen LogP contribution in [-0.2, 0) is 27.9 Å². The third kappa shape index (κ3) is 56.2. The van der Waals surface area contributed by atoms with Crippen LogP contribution in [0.15, 0.2) is 60.8 Å². The number of likely N-dealkylation sites (N-methyl/N-ethyl adjacent to an activating group) is 1. The standard InChI is InChI=1S/C65H121N2O7P/c1-7-10-13-16-19-22-25-28-30-31-32-33-34-35-36-37-38-39-42-45-48-51-54-57-64(68)66-62(61-73-75(70,71)72-60-59-67(4,5)6)63(56-53-50-47-44-41-27-24-21-18-15-12-9-3)74-65(69)58-55-52-49-46-43-40-29-26-23-20-17-14-11-8-2/h19,22,28,30,32-33,35-36,53,56,62-63H,7-18,20-21,23-27,29,31,34,37-52,54-55,57-61H2,1-6H3,(H-,66,68,70,71)/b22-19-,30-28-,33-32-,36-35-,56-53-. The molecular formula is C65H121N2O7P. The highest BCUT2D eigenvalue weighted by atomic mass is 31.2. The molecule has 75 heavy (non-hydrogen) atoms. The maximum atomic E-state index is 13.5. The molecule has 9 nitrogen and oxygen atoms in total. The molecular weight excluding hydrogens is 952 g/mol. The average molecular weight is 1070 g/mol. The van der Waals surface area contributed by atoms with Crippen molar-refractivity contribution in [1.82, 2.24) is 5.32 Å². The highest BCUT2D eigenvalue weighted by Gasteiger charge is 2.27. The molecule has 10 heteroatoms. The molecule has 3 unspecified atom stereocenters. The van der Waals surface area contributed by atoms with Crippen LogP contribution in [0.2, 0.25) is 0 Å². The summed E-state index contributed by atoms with van der Waals surface area (Å²) in [7, 11) is 1.18. The molecule has 1 N–H and O–H groups in total. The fourth-order valence-corrected chi connectivity index (χ4v) is 9.76. The zero-order valence-corrected chi connectivity index (χ0v) is 50.9. The minimum absolute atomic E-state index is 0.0247. The van der Waals surface area contributed by atoms with E-state index in [9.17, 15) is 19.0 Å². The van der Waals surface area contributed by atoms with Crippen LogP contribution in [0.4, 0.5) is 0 Å². The van der Waals surface area contributed by atoms with E-state index in [2.05, 4.69) is 74.7 Å². The summed E-state index contributed by atoms with van der Waals surface area (Å²) in [6.45, 7) is 6.82. The number of rotatable bonds is 57. The lowest BCUT2D eigenvalue weighted by Gasteiger charge is -2.30. The van der Waals surface area contributed by atoms with Gasteiger partial charge in [-0.25, -0.2) is 0 Å². The Hall–Kier alpha value is -2.29. The summed E-state index contributed by atoms with van der Waals surface area (Å²) in [6, 6.07) is -0.893. The molecule has 0 radical (unpaired) electrons. The molecule has 0 bridgehead atoms. The number of hydrogen-bond acceptors (Lipinski definition) is 7. The first kappa shape index (κ1) is 72.7. The van der Waals surface area contributed by atoms with Gasteiger partial charge in [0.2, 0.25) is 5.91 Å².